The van der Waals surface area contributed by atoms with E-state index in [1.54, 1.807) is 36.8 Å². The van der Waals surface area contributed by atoms with Gasteiger partial charge in [-0.3, -0.25) is 9.59 Å². The van der Waals surface area contributed by atoms with Gasteiger partial charge in [0.25, 0.3) is 5.91 Å². The fourth-order valence-corrected chi connectivity index (χ4v) is 3.27. The van der Waals surface area contributed by atoms with Crippen molar-refractivity contribution < 1.29 is 9.59 Å². The summed E-state index contributed by atoms with van der Waals surface area (Å²) in [6, 6.07) is 7.05. The Kier molecular flexibility index (Phi) is 6.98. The highest BCUT2D eigenvalue weighted by Gasteiger charge is 2.13. The minimum Gasteiger partial charge on any atom is -0.352 e. The summed E-state index contributed by atoms with van der Waals surface area (Å²) in [7, 11) is 0. The first-order valence-electron chi connectivity index (χ1n) is 9.55. The van der Waals surface area contributed by atoms with Crippen LogP contribution in [-0.2, 0) is 11.3 Å². The molecular weight excluding hydrogens is 342 g/mol. The number of anilines is 1. The number of aromatic nitrogens is 2. The number of hydrogen-bond donors (Lipinski definition) is 3. The Balaban J connectivity index is 1.44. The second-order valence-electron chi connectivity index (χ2n) is 6.94. The summed E-state index contributed by atoms with van der Waals surface area (Å²) in [4.78, 5) is 28.4. The van der Waals surface area contributed by atoms with Crippen LogP contribution in [0.5, 0.6) is 0 Å². The Morgan fingerprint density at radius 3 is 3.04 bits per heavy atom. The number of aryl methyl sites for hydroxylation is 1. The maximum Gasteiger partial charge on any atom is 0.251 e. The van der Waals surface area contributed by atoms with Crippen LogP contribution in [0.1, 0.15) is 36.0 Å². The third-order valence-electron chi connectivity index (χ3n) is 4.80. The second kappa shape index (κ2) is 9.87. The number of benzene rings is 1. The highest BCUT2D eigenvalue weighted by molar-refractivity contribution is 5.97. The van der Waals surface area contributed by atoms with E-state index in [2.05, 4.69) is 20.9 Å². The SMILES string of the molecule is O=C(CCn1ccnc1)Nc1cccc(C(=O)NCCC2CCCNC2)c1. The molecule has 3 N–H and O–H groups in total. The van der Waals surface area contributed by atoms with Gasteiger partial charge in [-0.1, -0.05) is 6.07 Å². The Bertz CT molecular complexity index is 739. The Morgan fingerprint density at radius 2 is 2.26 bits per heavy atom. The lowest BCUT2D eigenvalue weighted by Gasteiger charge is -2.22. The van der Waals surface area contributed by atoms with Crippen LogP contribution in [0.2, 0.25) is 0 Å². The third kappa shape index (κ3) is 6.21. The molecule has 1 atom stereocenters. The second-order valence-corrected chi connectivity index (χ2v) is 6.94. The molecule has 1 aromatic carbocycles. The molecule has 2 aromatic rings. The molecule has 0 aliphatic carbocycles. The van der Waals surface area contributed by atoms with Gasteiger partial charge in [-0.25, -0.2) is 4.98 Å². The van der Waals surface area contributed by atoms with Crippen molar-refractivity contribution in [3.05, 3.63) is 48.5 Å². The molecule has 0 spiro atoms. The third-order valence-corrected chi connectivity index (χ3v) is 4.80. The molecule has 1 unspecified atom stereocenters. The van der Waals surface area contributed by atoms with E-state index in [-0.39, 0.29) is 11.8 Å². The average Bonchev–Trinajstić information content (AvgIpc) is 3.21. The lowest BCUT2D eigenvalue weighted by Crippen LogP contribution is -2.33. The Hall–Kier alpha value is -2.67. The average molecular weight is 369 g/mol. The molecule has 1 fully saturated rings. The molecule has 0 bridgehead atoms. The number of rotatable bonds is 8. The van der Waals surface area contributed by atoms with Crippen molar-refractivity contribution in [2.75, 3.05) is 25.0 Å². The van der Waals surface area contributed by atoms with E-state index in [1.165, 1.54) is 12.8 Å². The monoisotopic (exact) mass is 369 g/mol. The summed E-state index contributed by atoms with van der Waals surface area (Å²) < 4.78 is 1.85. The van der Waals surface area contributed by atoms with E-state index in [0.29, 0.717) is 36.7 Å². The number of hydrogen-bond acceptors (Lipinski definition) is 4. The first-order valence-corrected chi connectivity index (χ1v) is 9.55. The van der Waals surface area contributed by atoms with E-state index in [1.807, 2.05) is 10.8 Å². The van der Waals surface area contributed by atoms with E-state index >= 15 is 0 Å². The predicted octanol–water partition coefficient (Wildman–Crippen LogP) is 2.03. The molecule has 1 aliphatic heterocycles. The van der Waals surface area contributed by atoms with Crippen molar-refractivity contribution >= 4 is 17.5 Å². The number of amides is 2. The van der Waals surface area contributed by atoms with E-state index < -0.39 is 0 Å². The molecule has 1 saturated heterocycles. The first-order chi connectivity index (χ1) is 13.2. The normalized spacial score (nSPS) is 16.7. The van der Waals surface area contributed by atoms with E-state index in [9.17, 15) is 9.59 Å². The van der Waals surface area contributed by atoms with Crippen LogP contribution in [0, 0.1) is 5.92 Å². The molecule has 3 rings (SSSR count). The topological polar surface area (TPSA) is 88.0 Å². The summed E-state index contributed by atoms with van der Waals surface area (Å²) >= 11 is 0. The molecule has 27 heavy (non-hydrogen) atoms. The molecule has 1 aromatic heterocycles. The molecule has 2 amide bonds. The number of carbonyl (C=O) groups is 2. The number of piperidine rings is 1. The van der Waals surface area contributed by atoms with Gasteiger partial charge in [-0.05, 0) is 56.5 Å². The van der Waals surface area contributed by atoms with Gasteiger partial charge in [-0.15, -0.1) is 0 Å². The maximum atomic E-state index is 12.4. The summed E-state index contributed by atoms with van der Waals surface area (Å²) in [5.41, 5.74) is 1.19. The largest absolute Gasteiger partial charge is 0.352 e. The Morgan fingerprint density at radius 1 is 1.33 bits per heavy atom. The molecule has 7 nitrogen and oxygen atoms in total. The zero-order valence-electron chi connectivity index (χ0n) is 15.5. The van der Waals surface area contributed by atoms with Crippen molar-refractivity contribution in [3.63, 3.8) is 0 Å². The van der Waals surface area contributed by atoms with Gasteiger partial charge < -0.3 is 20.5 Å². The van der Waals surface area contributed by atoms with Gasteiger partial charge in [0, 0.05) is 43.2 Å². The van der Waals surface area contributed by atoms with Gasteiger partial charge in [0.1, 0.15) is 0 Å². The van der Waals surface area contributed by atoms with Crippen LogP contribution in [0.15, 0.2) is 43.0 Å². The summed E-state index contributed by atoms with van der Waals surface area (Å²) in [6.45, 7) is 3.38. The lowest BCUT2D eigenvalue weighted by atomic mass is 9.96. The maximum absolute atomic E-state index is 12.4. The molecule has 7 heteroatoms. The zero-order valence-corrected chi connectivity index (χ0v) is 15.5. The predicted molar refractivity (Wildman–Crippen MR) is 104 cm³/mol. The van der Waals surface area contributed by atoms with Crippen LogP contribution in [0.3, 0.4) is 0 Å². The minimum absolute atomic E-state index is 0.0916. The zero-order chi connectivity index (χ0) is 18.9. The van der Waals surface area contributed by atoms with Gasteiger partial charge in [0.2, 0.25) is 5.91 Å². The van der Waals surface area contributed by atoms with Crippen molar-refractivity contribution in [2.24, 2.45) is 5.92 Å². The number of imidazole rings is 1. The standard InChI is InChI=1S/C20H27N5O2/c26-19(7-11-25-12-10-22-15-25)24-18-5-1-4-17(13-18)20(27)23-9-6-16-3-2-8-21-14-16/h1,4-5,10,12-13,15-16,21H,2-3,6-9,11,14H2,(H,23,27)(H,24,26). The molecular formula is C20H27N5O2. The number of carbonyl (C=O) groups excluding carboxylic acids is 2. The summed E-state index contributed by atoms with van der Waals surface area (Å²) in [5, 5.41) is 9.22. The van der Waals surface area contributed by atoms with Crippen LogP contribution in [0.4, 0.5) is 5.69 Å². The Labute approximate surface area is 159 Å². The lowest BCUT2D eigenvalue weighted by molar-refractivity contribution is -0.116. The van der Waals surface area contributed by atoms with Crippen molar-refractivity contribution in [1.29, 1.82) is 0 Å². The molecule has 1 aliphatic rings. The molecule has 144 valence electrons. The van der Waals surface area contributed by atoms with Crippen LogP contribution in [-0.4, -0.2) is 41.0 Å². The highest BCUT2D eigenvalue weighted by Crippen LogP contribution is 2.14. The first kappa shape index (κ1) is 19.1. The van der Waals surface area contributed by atoms with E-state index in [0.717, 1.165) is 19.5 Å². The van der Waals surface area contributed by atoms with Crippen molar-refractivity contribution in [3.8, 4) is 0 Å². The van der Waals surface area contributed by atoms with E-state index in [4.69, 9.17) is 0 Å². The quantitative estimate of drug-likeness (QED) is 0.664. The van der Waals surface area contributed by atoms with Crippen molar-refractivity contribution in [2.45, 2.75) is 32.2 Å². The molecule has 2 heterocycles. The number of nitrogens with zero attached hydrogens (tertiary/aromatic N) is 2. The van der Waals surface area contributed by atoms with Crippen LogP contribution < -0.4 is 16.0 Å². The van der Waals surface area contributed by atoms with Gasteiger partial charge in [0.05, 0.1) is 6.33 Å². The summed E-state index contributed by atoms with van der Waals surface area (Å²) in [6.07, 6.45) is 8.96. The van der Waals surface area contributed by atoms with Gasteiger partial charge in [0.15, 0.2) is 0 Å². The summed E-state index contributed by atoms with van der Waals surface area (Å²) in [5.74, 6) is 0.444. The number of nitrogens with one attached hydrogen (secondary N) is 3. The fourth-order valence-electron chi connectivity index (χ4n) is 3.27. The minimum atomic E-state index is -0.103. The molecule has 0 saturated carbocycles. The van der Waals surface area contributed by atoms with Crippen LogP contribution in [0.25, 0.3) is 0 Å². The van der Waals surface area contributed by atoms with Crippen LogP contribution >= 0.6 is 0 Å². The fraction of sp³-hybridized carbons (Fsp3) is 0.450. The van der Waals surface area contributed by atoms with Gasteiger partial charge >= 0.3 is 0 Å². The highest BCUT2D eigenvalue weighted by atomic mass is 16.2. The molecule has 0 radical (unpaired) electrons. The van der Waals surface area contributed by atoms with Gasteiger partial charge in [-0.2, -0.15) is 0 Å². The van der Waals surface area contributed by atoms with Crippen molar-refractivity contribution in [1.82, 2.24) is 20.2 Å². The smallest absolute Gasteiger partial charge is 0.251 e.